The number of nitrogens with zero attached hydrogens (tertiary/aromatic N) is 2. The molecule has 0 aliphatic heterocycles. The van der Waals surface area contributed by atoms with E-state index in [0.717, 1.165) is 12.1 Å². The van der Waals surface area contributed by atoms with Gasteiger partial charge in [0.1, 0.15) is 0 Å². The monoisotopic (exact) mass is 124 g/mol. The Morgan fingerprint density at radius 2 is 2.33 bits per heavy atom. The number of rotatable bonds is 3. The van der Waals surface area contributed by atoms with Gasteiger partial charge >= 0.3 is 0 Å². The Balaban J connectivity index is 3.47. The van der Waals surface area contributed by atoms with Crippen molar-refractivity contribution in [1.82, 2.24) is 0 Å². The lowest BCUT2D eigenvalue weighted by Gasteiger charge is -1.79. The van der Waals surface area contributed by atoms with E-state index in [2.05, 4.69) is 16.8 Å². The normalized spacial score (nSPS) is 11.3. The van der Waals surface area contributed by atoms with Gasteiger partial charge in [0.2, 0.25) is 0 Å². The molecule has 0 atom stereocenters. The van der Waals surface area contributed by atoms with Crippen molar-refractivity contribution in [2.75, 3.05) is 6.54 Å². The molecule has 0 aliphatic carbocycles. The molecule has 0 aromatic rings. The van der Waals surface area contributed by atoms with Gasteiger partial charge in [-0.25, -0.2) is 0 Å². The molecule has 0 aliphatic rings. The number of hydrogen-bond acceptors (Lipinski definition) is 2. The Morgan fingerprint density at radius 1 is 1.67 bits per heavy atom. The van der Waals surface area contributed by atoms with Gasteiger partial charge in [-0.2, -0.15) is 10.2 Å². The van der Waals surface area contributed by atoms with Gasteiger partial charge in [-0.1, -0.05) is 12.2 Å². The zero-order valence-electron chi connectivity index (χ0n) is 5.96. The highest BCUT2D eigenvalue weighted by molar-refractivity contribution is 5.09. The second kappa shape index (κ2) is 5.22. The minimum absolute atomic E-state index is 0.737. The molecule has 0 heterocycles. The Kier molecular flexibility index (Phi) is 4.69. The van der Waals surface area contributed by atoms with Crippen molar-refractivity contribution >= 4 is 0 Å². The molecule has 50 valence electrons. The molecule has 0 saturated carbocycles. The molecule has 0 unspecified atom stereocenters. The maximum atomic E-state index is 3.74. The fraction of sp³-hybridized carbons (Fsp3) is 0.429. The van der Waals surface area contributed by atoms with E-state index in [9.17, 15) is 0 Å². The van der Waals surface area contributed by atoms with Crippen molar-refractivity contribution in [2.45, 2.75) is 13.8 Å². The van der Waals surface area contributed by atoms with Crippen LogP contribution in [-0.2, 0) is 0 Å². The molecule has 0 amide bonds. The summed E-state index contributed by atoms with van der Waals surface area (Å²) >= 11 is 0. The standard InChI is InChI=1S/C7H12N2/c1-4-8-9-6-5-7(2)3/h5-6H,2,4H2,1,3H3/b6-5-,9-8?. The van der Waals surface area contributed by atoms with Crippen LogP contribution < -0.4 is 0 Å². The Morgan fingerprint density at radius 3 is 2.78 bits per heavy atom. The van der Waals surface area contributed by atoms with Crippen LogP contribution in [0.1, 0.15) is 13.8 Å². The molecule has 2 heteroatoms. The second-order valence-electron chi connectivity index (χ2n) is 1.74. The molecule has 0 fully saturated rings. The number of azo groups is 1. The van der Waals surface area contributed by atoms with Gasteiger partial charge in [-0.05, 0) is 19.9 Å². The van der Waals surface area contributed by atoms with Crippen LogP contribution in [0.4, 0.5) is 0 Å². The predicted molar refractivity (Wildman–Crippen MR) is 39.4 cm³/mol. The van der Waals surface area contributed by atoms with Crippen LogP contribution in [0.2, 0.25) is 0 Å². The van der Waals surface area contributed by atoms with E-state index >= 15 is 0 Å². The lowest BCUT2D eigenvalue weighted by atomic mass is 10.3. The van der Waals surface area contributed by atoms with Crippen LogP contribution in [-0.4, -0.2) is 6.54 Å². The summed E-state index contributed by atoms with van der Waals surface area (Å²) < 4.78 is 0. The summed E-state index contributed by atoms with van der Waals surface area (Å²) in [6, 6.07) is 0. The first-order valence-corrected chi connectivity index (χ1v) is 2.96. The third kappa shape index (κ3) is 7.08. The van der Waals surface area contributed by atoms with E-state index in [1.54, 1.807) is 6.20 Å². The average molecular weight is 124 g/mol. The van der Waals surface area contributed by atoms with Crippen molar-refractivity contribution < 1.29 is 0 Å². The van der Waals surface area contributed by atoms with E-state index in [4.69, 9.17) is 0 Å². The third-order valence-electron chi connectivity index (χ3n) is 0.649. The first-order valence-electron chi connectivity index (χ1n) is 2.96. The lowest BCUT2D eigenvalue weighted by molar-refractivity contribution is 1.00. The molecule has 2 nitrogen and oxygen atoms in total. The molecule has 0 rings (SSSR count). The van der Waals surface area contributed by atoms with Crippen molar-refractivity contribution in [3.8, 4) is 0 Å². The Labute approximate surface area is 56.0 Å². The van der Waals surface area contributed by atoms with Gasteiger partial charge in [-0.3, -0.25) is 0 Å². The minimum Gasteiger partial charge on any atom is -0.190 e. The largest absolute Gasteiger partial charge is 0.190 e. The molecule has 0 spiro atoms. The van der Waals surface area contributed by atoms with Crippen molar-refractivity contribution in [2.24, 2.45) is 10.2 Å². The first-order chi connectivity index (χ1) is 4.27. The Hall–Kier alpha value is -0.920. The van der Waals surface area contributed by atoms with Crippen LogP contribution in [0.5, 0.6) is 0 Å². The fourth-order valence-electron chi connectivity index (χ4n) is 0.289. The molecule has 0 N–H and O–H groups in total. The predicted octanol–water partition coefficient (Wildman–Crippen LogP) is 2.55. The lowest BCUT2D eigenvalue weighted by Crippen LogP contribution is -1.61. The summed E-state index contributed by atoms with van der Waals surface area (Å²) in [5.41, 5.74) is 0.991. The molecule has 0 aromatic carbocycles. The summed E-state index contributed by atoms with van der Waals surface area (Å²) in [7, 11) is 0. The minimum atomic E-state index is 0.737. The highest BCUT2D eigenvalue weighted by atomic mass is 15.1. The molecule has 9 heavy (non-hydrogen) atoms. The summed E-state index contributed by atoms with van der Waals surface area (Å²) in [5.74, 6) is 0. The third-order valence-corrected chi connectivity index (χ3v) is 0.649. The number of allylic oxidation sites excluding steroid dienone is 2. The van der Waals surface area contributed by atoms with Crippen molar-refractivity contribution in [3.05, 3.63) is 24.4 Å². The first kappa shape index (κ1) is 8.08. The van der Waals surface area contributed by atoms with Crippen LogP contribution in [0, 0.1) is 0 Å². The van der Waals surface area contributed by atoms with Gasteiger partial charge in [0.05, 0.1) is 6.54 Å². The fourth-order valence-corrected chi connectivity index (χ4v) is 0.289. The molecule has 0 bridgehead atoms. The van der Waals surface area contributed by atoms with Crippen LogP contribution in [0.15, 0.2) is 34.7 Å². The Bertz CT molecular complexity index is 134. The van der Waals surface area contributed by atoms with Gasteiger partial charge in [0.15, 0.2) is 0 Å². The van der Waals surface area contributed by atoms with E-state index < -0.39 is 0 Å². The number of hydrogen-bond donors (Lipinski definition) is 0. The molecular weight excluding hydrogens is 112 g/mol. The zero-order chi connectivity index (χ0) is 7.11. The van der Waals surface area contributed by atoms with E-state index in [1.807, 2.05) is 19.9 Å². The summed E-state index contributed by atoms with van der Waals surface area (Å²) in [4.78, 5) is 0. The smallest absolute Gasteiger partial charge is 0.0574 e. The highest BCUT2D eigenvalue weighted by Crippen LogP contribution is 1.88. The van der Waals surface area contributed by atoms with Crippen LogP contribution in [0.3, 0.4) is 0 Å². The van der Waals surface area contributed by atoms with Gasteiger partial charge < -0.3 is 0 Å². The quantitative estimate of drug-likeness (QED) is 0.408. The summed E-state index contributed by atoms with van der Waals surface area (Å²) in [5, 5.41) is 7.45. The van der Waals surface area contributed by atoms with Crippen LogP contribution in [0.25, 0.3) is 0 Å². The molecule has 0 radical (unpaired) electrons. The topological polar surface area (TPSA) is 24.7 Å². The zero-order valence-corrected chi connectivity index (χ0v) is 5.96. The summed E-state index contributed by atoms with van der Waals surface area (Å²) in [6.07, 6.45) is 3.46. The summed E-state index contributed by atoms with van der Waals surface area (Å²) in [6.45, 7) is 8.26. The molecule has 0 aromatic heterocycles. The SMILES string of the molecule is C=C(C)/C=C\N=NCC. The second-order valence-corrected chi connectivity index (χ2v) is 1.74. The maximum Gasteiger partial charge on any atom is 0.0574 e. The van der Waals surface area contributed by atoms with Gasteiger partial charge in [0.25, 0.3) is 0 Å². The molecular formula is C7H12N2. The highest BCUT2D eigenvalue weighted by Gasteiger charge is 1.69. The average Bonchev–Trinajstić information content (AvgIpc) is 1.80. The van der Waals surface area contributed by atoms with E-state index in [1.165, 1.54) is 0 Å². The maximum absolute atomic E-state index is 3.74. The van der Waals surface area contributed by atoms with E-state index in [0.29, 0.717) is 0 Å². The van der Waals surface area contributed by atoms with Crippen LogP contribution >= 0.6 is 0 Å². The van der Waals surface area contributed by atoms with Gasteiger partial charge in [-0.15, -0.1) is 0 Å². The van der Waals surface area contributed by atoms with Gasteiger partial charge in [0, 0.05) is 6.20 Å². The molecule has 0 saturated heterocycles. The van der Waals surface area contributed by atoms with E-state index in [-0.39, 0.29) is 0 Å². The van der Waals surface area contributed by atoms with Crippen molar-refractivity contribution in [3.63, 3.8) is 0 Å². The van der Waals surface area contributed by atoms with Crippen molar-refractivity contribution in [1.29, 1.82) is 0 Å².